The van der Waals surface area contributed by atoms with Crippen molar-refractivity contribution in [1.82, 2.24) is 14.7 Å². The van der Waals surface area contributed by atoms with Gasteiger partial charge < -0.3 is 5.11 Å². The molecular weight excluding hydrogens is 302 g/mol. The van der Waals surface area contributed by atoms with Crippen LogP contribution in [0.3, 0.4) is 0 Å². The van der Waals surface area contributed by atoms with Crippen LogP contribution in [-0.2, 0) is 10.0 Å². The molecule has 2 rings (SSSR count). The topological polar surface area (TPSA) is 109 Å². The van der Waals surface area contributed by atoms with Gasteiger partial charge in [-0.2, -0.15) is 0 Å². The Morgan fingerprint density at radius 3 is 2.85 bits per heavy atom. The minimum absolute atomic E-state index is 0.305. The van der Waals surface area contributed by atoms with E-state index in [4.69, 9.17) is 5.11 Å². The van der Waals surface area contributed by atoms with Gasteiger partial charge in [-0.15, -0.1) is 11.3 Å². The quantitative estimate of drug-likeness (QED) is 0.860. The first-order chi connectivity index (χ1) is 9.42. The van der Waals surface area contributed by atoms with Crippen LogP contribution < -0.4 is 4.72 Å². The molecule has 2 N–H and O–H groups in total. The zero-order valence-electron chi connectivity index (χ0n) is 10.3. The van der Waals surface area contributed by atoms with Gasteiger partial charge in [0.25, 0.3) is 10.0 Å². The molecular formula is C11H11N3O4S2. The lowest BCUT2D eigenvalue weighted by Gasteiger charge is -2.13. The second kappa shape index (κ2) is 5.65. The van der Waals surface area contributed by atoms with Crippen LogP contribution in [0.2, 0.25) is 0 Å². The average Bonchev–Trinajstić information content (AvgIpc) is 2.89. The first-order valence-electron chi connectivity index (χ1n) is 5.51. The molecule has 0 fully saturated rings. The molecule has 2 heterocycles. The Morgan fingerprint density at radius 1 is 1.50 bits per heavy atom. The lowest BCUT2D eigenvalue weighted by atomic mass is 10.2. The maximum atomic E-state index is 12.2. The van der Waals surface area contributed by atoms with Gasteiger partial charge in [0, 0.05) is 18.4 Å². The molecule has 20 heavy (non-hydrogen) atoms. The van der Waals surface area contributed by atoms with E-state index in [2.05, 4.69) is 14.7 Å². The zero-order valence-corrected chi connectivity index (χ0v) is 12.0. The summed E-state index contributed by atoms with van der Waals surface area (Å²) in [6, 6.07) is 2.89. The Kier molecular flexibility index (Phi) is 4.12. The first-order valence-corrected chi connectivity index (χ1v) is 7.87. The van der Waals surface area contributed by atoms with Gasteiger partial charge >= 0.3 is 5.97 Å². The van der Waals surface area contributed by atoms with Crippen molar-refractivity contribution in [3.05, 3.63) is 41.3 Å². The predicted octanol–water partition coefficient (Wildman–Crippen LogP) is 1.28. The summed E-state index contributed by atoms with van der Waals surface area (Å²) >= 11 is 0.764. The Balaban J connectivity index is 2.28. The number of carboxylic acid groups (broad SMARTS) is 1. The van der Waals surface area contributed by atoms with Crippen LogP contribution in [0.4, 0.5) is 0 Å². The minimum atomic E-state index is -3.94. The number of carbonyl (C=O) groups is 1. The monoisotopic (exact) mass is 313 g/mol. The van der Waals surface area contributed by atoms with E-state index >= 15 is 0 Å². The lowest BCUT2D eigenvalue weighted by molar-refractivity contribution is 0.0687. The number of hydrogen-bond donors (Lipinski definition) is 2. The van der Waals surface area contributed by atoms with Crippen LogP contribution in [0.5, 0.6) is 0 Å². The molecule has 2 aromatic rings. The molecule has 0 radical (unpaired) electrons. The van der Waals surface area contributed by atoms with E-state index in [1.165, 1.54) is 11.7 Å². The molecule has 0 spiro atoms. The number of thiazole rings is 1. The van der Waals surface area contributed by atoms with Crippen molar-refractivity contribution >= 4 is 27.3 Å². The van der Waals surface area contributed by atoms with Crippen LogP contribution in [0.1, 0.15) is 29.0 Å². The lowest BCUT2D eigenvalue weighted by Crippen LogP contribution is -2.27. The minimum Gasteiger partial charge on any atom is -0.476 e. The number of nitrogens with zero attached hydrogens (tertiary/aromatic N) is 2. The molecule has 0 aliphatic rings. The molecule has 106 valence electrons. The number of pyridine rings is 1. The van der Waals surface area contributed by atoms with Gasteiger partial charge in [-0.3, -0.25) is 4.98 Å². The molecule has 1 atom stereocenters. The summed E-state index contributed by atoms with van der Waals surface area (Å²) in [6.45, 7) is 1.65. The van der Waals surface area contributed by atoms with E-state index in [-0.39, 0.29) is 4.21 Å². The number of hydrogen-bond acceptors (Lipinski definition) is 6. The van der Waals surface area contributed by atoms with Crippen molar-refractivity contribution in [3.63, 3.8) is 0 Å². The Hall–Kier alpha value is -1.84. The first kappa shape index (κ1) is 14.6. The smallest absolute Gasteiger partial charge is 0.356 e. The third-order valence-corrected chi connectivity index (χ3v) is 5.41. The van der Waals surface area contributed by atoms with Gasteiger partial charge in [0.1, 0.15) is 0 Å². The maximum Gasteiger partial charge on any atom is 0.356 e. The number of aromatic carboxylic acids is 1. The third-order valence-electron chi connectivity index (χ3n) is 2.50. The molecule has 0 aliphatic heterocycles. The SMILES string of the molecule is CC(NS(=O)(=O)c1scnc1C(=O)O)c1cccnc1. The summed E-state index contributed by atoms with van der Waals surface area (Å²) in [6.07, 6.45) is 3.12. The number of aromatic nitrogens is 2. The van der Waals surface area contributed by atoms with Crippen LogP contribution in [0.25, 0.3) is 0 Å². The van der Waals surface area contributed by atoms with E-state index in [0.717, 1.165) is 11.3 Å². The molecule has 0 saturated heterocycles. The van der Waals surface area contributed by atoms with Crippen LogP contribution in [-0.4, -0.2) is 29.5 Å². The fourth-order valence-electron chi connectivity index (χ4n) is 1.55. The summed E-state index contributed by atoms with van der Waals surface area (Å²) in [5.41, 5.74) is 1.39. The van der Waals surface area contributed by atoms with E-state index in [9.17, 15) is 13.2 Å². The molecule has 1 unspecified atom stereocenters. The number of carboxylic acids is 1. The highest BCUT2D eigenvalue weighted by Crippen LogP contribution is 2.22. The van der Waals surface area contributed by atoms with Gasteiger partial charge in [0.05, 0.1) is 5.51 Å². The molecule has 7 nitrogen and oxygen atoms in total. The fraction of sp³-hybridized carbons (Fsp3) is 0.182. The Labute approximate surface area is 119 Å². The summed E-state index contributed by atoms with van der Waals surface area (Å²) in [7, 11) is -3.94. The normalized spacial score (nSPS) is 13.1. The van der Waals surface area contributed by atoms with Gasteiger partial charge in [0.15, 0.2) is 9.90 Å². The second-order valence-corrected chi connectivity index (χ2v) is 6.69. The summed E-state index contributed by atoms with van der Waals surface area (Å²) < 4.78 is 26.5. The van der Waals surface area contributed by atoms with Crippen molar-refractivity contribution in [2.45, 2.75) is 17.2 Å². The summed E-state index contributed by atoms with van der Waals surface area (Å²) in [4.78, 5) is 18.4. The Bertz CT molecular complexity index is 712. The predicted molar refractivity (Wildman–Crippen MR) is 72.0 cm³/mol. The Morgan fingerprint density at radius 2 is 2.25 bits per heavy atom. The van der Waals surface area contributed by atoms with Gasteiger partial charge in [-0.25, -0.2) is 22.9 Å². The molecule has 0 bridgehead atoms. The van der Waals surface area contributed by atoms with E-state index in [1.807, 2.05) is 0 Å². The standard InChI is InChI=1S/C11H11N3O4S2/c1-7(8-3-2-4-12-5-8)14-20(17,18)11-9(10(15)16)13-6-19-11/h2-7,14H,1H3,(H,15,16). The highest BCUT2D eigenvalue weighted by molar-refractivity contribution is 7.91. The van der Waals surface area contributed by atoms with E-state index < -0.39 is 27.7 Å². The van der Waals surface area contributed by atoms with Gasteiger partial charge in [-0.1, -0.05) is 6.07 Å². The van der Waals surface area contributed by atoms with Gasteiger partial charge in [0.2, 0.25) is 0 Å². The molecule has 2 aromatic heterocycles. The second-order valence-electron chi connectivity index (χ2n) is 3.92. The zero-order chi connectivity index (χ0) is 14.8. The van der Waals surface area contributed by atoms with E-state index in [1.54, 1.807) is 25.3 Å². The molecule has 0 aromatic carbocycles. The van der Waals surface area contributed by atoms with Crippen molar-refractivity contribution in [2.24, 2.45) is 0 Å². The summed E-state index contributed by atoms with van der Waals surface area (Å²) in [5, 5.41) is 8.91. The highest BCUT2D eigenvalue weighted by atomic mass is 32.2. The van der Waals surface area contributed by atoms with Crippen molar-refractivity contribution in [2.75, 3.05) is 0 Å². The number of nitrogens with one attached hydrogen (secondary N) is 1. The molecule has 0 aliphatic carbocycles. The molecule has 0 amide bonds. The van der Waals surface area contributed by atoms with Crippen molar-refractivity contribution in [1.29, 1.82) is 0 Å². The van der Waals surface area contributed by atoms with Crippen LogP contribution in [0, 0.1) is 0 Å². The number of sulfonamides is 1. The summed E-state index contributed by atoms with van der Waals surface area (Å²) in [5.74, 6) is -1.37. The largest absolute Gasteiger partial charge is 0.476 e. The fourth-order valence-corrected chi connectivity index (χ4v) is 3.94. The van der Waals surface area contributed by atoms with Crippen LogP contribution in [0.15, 0.2) is 34.2 Å². The average molecular weight is 313 g/mol. The van der Waals surface area contributed by atoms with Crippen molar-refractivity contribution < 1.29 is 18.3 Å². The number of rotatable bonds is 5. The molecule has 0 saturated carbocycles. The van der Waals surface area contributed by atoms with Crippen LogP contribution >= 0.6 is 11.3 Å². The molecule has 9 heteroatoms. The van der Waals surface area contributed by atoms with Crippen molar-refractivity contribution in [3.8, 4) is 0 Å². The third kappa shape index (κ3) is 3.00. The van der Waals surface area contributed by atoms with Gasteiger partial charge in [-0.05, 0) is 18.6 Å². The van der Waals surface area contributed by atoms with E-state index in [0.29, 0.717) is 5.56 Å². The highest BCUT2D eigenvalue weighted by Gasteiger charge is 2.27. The maximum absolute atomic E-state index is 12.2.